The van der Waals surface area contributed by atoms with Gasteiger partial charge in [-0.1, -0.05) is 6.07 Å². The van der Waals surface area contributed by atoms with Gasteiger partial charge in [0.05, 0.1) is 12.0 Å². The second-order valence-corrected chi connectivity index (χ2v) is 3.61. The maximum Gasteiger partial charge on any atom is 0.138 e. The Morgan fingerprint density at radius 2 is 2.33 bits per heavy atom. The van der Waals surface area contributed by atoms with Gasteiger partial charge in [0.1, 0.15) is 11.2 Å². The van der Waals surface area contributed by atoms with Crippen molar-refractivity contribution in [1.29, 1.82) is 5.26 Å². The largest absolute Gasteiger partial charge is 0.496 e. The van der Waals surface area contributed by atoms with Crippen molar-refractivity contribution in [2.24, 2.45) is 0 Å². The molecule has 0 aliphatic rings. The van der Waals surface area contributed by atoms with Gasteiger partial charge in [-0.05, 0) is 39.8 Å². The van der Waals surface area contributed by atoms with Gasteiger partial charge < -0.3 is 4.74 Å². The first kappa shape index (κ1) is 9.43. The van der Waals surface area contributed by atoms with Crippen molar-refractivity contribution < 1.29 is 4.74 Å². The molecule has 1 aromatic rings. The van der Waals surface area contributed by atoms with E-state index < -0.39 is 0 Å². The second-order valence-electron chi connectivity index (χ2n) is 1.96. The highest BCUT2D eigenvalue weighted by molar-refractivity contribution is 9.10. The minimum absolute atomic E-state index is 0.718. The number of methoxy groups -OCH3 is 1. The molecule has 0 N–H and O–H groups in total. The van der Waals surface area contributed by atoms with Crippen molar-refractivity contribution in [3.05, 3.63) is 22.7 Å². The SMILES string of the molecule is COc1cccc(Br)c1SC#N. The fourth-order valence-corrected chi connectivity index (χ4v) is 1.89. The van der Waals surface area contributed by atoms with Gasteiger partial charge in [-0.15, -0.1) is 0 Å². The molecule has 0 aliphatic carbocycles. The van der Waals surface area contributed by atoms with E-state index in [2.05, 4.69) is 15.9 Å². The van der Waals surface area contributed by atoms with Crippen LogP contribution in [0, 0.1) is 10.7 Å². The first-order valence-electron chi connectivity index (χ1n) is 3.18. The van der Waals surface area contributed by atoms with Crippen LogP contribution in [0.15, 0.2) is 27.6 Å². The zero-order valence-electron chi connectivity index (χ0n) is 6.37. The Morgan fingerprint density at radius 3 is 2.92 bits per heavy atom. The number of benzene rings is 1. The maximum absolute atomic E-state index is 8.50. The van der Waals surface area contributed by atoms with Gasteiger partial charge in [-0.25, -0.2) is 0 Å². The molecule has 0 aliphatic heterocycles. The Balaban J connectivity index is 3.12. The third-order valence-electron chi connectivity index (χ3n) is 1.30. The van der Waals surface area contributed by atoms with E-state index in [0.29, 0.717) is 0 Å². The van der Waals surface area contributed by atoms with Gasteiger partial charge in [-0.3, -0.25) is 0 Å². The fourth-order valence-electron chi connectivity index (χ4n) is 0.794. The summed E-state index contributed by atoms with van der Waals surface area (Å²) in [4.78, 5) is 0.822. The minimum Gasteiger partial charge on any atom is -0.496 e. The molecule has 0 spiro atoms. The average Bonchev–Trinajstić information content (AvgIpc) is 2.09. The molecule has 0 saturated carbocycles. The molecule has 4 heteroatoms. The van der Waals surface area contributed by atoms with Crippen LogP contribution in [0.3, 0.4) is 0 Å². The van der Waals surface area contributed by atoms with Gasteiger partial charge in [0.15, 0.2) is 0 Å². The molecular weight excluding hydrogens is 238 g/mol. The molecule has 1 rings (SSSR count). The molecule has 0 amide bonds. The summed E-state index contributed by atoms with van der Waals surface area (Å²) in [6.45, 7) is 0. The standard InChI is InChI=1S/C8H6BrNOS/c1-11-7-4-2-3-6(9)8(7)12-5-10/h2-4H,1H3. The van der Waals surface area contributed by atoms with Gasteiger partial charge >= 0.3 is 0 Å². The molecule has 0 saturated heterocycles. The fraction of sp³-hybridized carbons (Fsp3) is 0.125. The number of rotatable bonds is 2. The minimum atomic E-state index is 0.718. The first-order chi connectivity index (χ1) is 5.79. The smallest absolute Gasteiger partial charge is 0.138 e. The lowest BCUT2D eigenvalue weighted by atomic mass is 10.3. The Hall–Kier alpha value is -0.660. The summed E-state index contributed by atoms with van der Waals surface area (Å²) in [6, 6.07) is 5.57. The maximum atomic E-state index is 8.50. The van der Waals surface area contributed by atoms with Gasteiger partial charge in [0, 0.05) is 4.47 Å². The molecular formula is C8H6BrNOS. The summed E-state index contributed by atoms with van der Waals surface area (Å²) in [7, 11) is 1.59. The third-order valence-corrected chi connectivity index (χ3v) is 2.94. The molecule has 0 unspecified atom stereocenters. The lowest BCUT2D eigenvalue weighted by Gasteiger charge is -2.05. The van der Waals surface area contributed by atoms with E-state index in [4.69, 9.17) is 10.00 Å². The normalized spacial score (nSPS) is 9.08. The lowest BCUT2D eigenvalue weighted by Crippen LogP contribution is -1.85. The molecule has 62 valence electrons. The Kier molecular flexibility index (Phi) is 3.45. The van der Waals surface area contributed by atoms with Crippen LogP contribution in [-0.4, -0.2) is 7.11 Å². The van der Waals surface area contributed by atoms with Crippen molar-refractivity contribution >= 4 is 27.7 Å². The molecule has 12 heavy (non-hydrogen) atoms. The predicted octanol–water partition coefficient (Wildman–Crippen LogP) is 3.03. The molecule has 2 nitrogen and oxygen atoms in total. The molecule has 1 aromatic carbocycles. The summed E-state index contributed by atoms with van der Waals surface area (Å²) < 4.78 is 5.96. The summed E-state index contributed by atoms with van der Waals surface area (Å²) in [6.07, 6.45) is 0. The van der Waals surface area contributed by atoms with E-state index in [1.165, 1.54) is 0 Å². The number of thioether (sulfide) groups is 1. The van der Waals surface area contributed by atoms with E-state index in [9.17, 15) is 0 Å². The molecule has 0 radical (unpaired) electrons. The number of hydrogen-bond acceptors (Lipinski definition) is 3. The van der Waals surface area contributed by atoms with Gasteiger partial charge in [0.25, 0.3) is 0 Å². The van der Waals surface area contributed by atoms with Crippen molar-refractivity contribution in [1.82, 2.24) is 0 Å². The van der Waals surface area contributed by atoms with Crippen LogP contribution in [-0.2, 0) is 0 Å². The van der Waals surface area contributed by atoms with Crippen LogP contribution in [0.5, 0.6) is 5.75 Å². The van der Waals surface area contributed by atoms with Crippen LogP contribution in [0.4, 0.5) is 0 Å². The van der Waals surface area contributed by atoms with Crippen LogP contribution in [0.1, 0.15) is 0 Å². The molecule has 0 fully saturated rings. The van der Waals surface area contributed by atoms with Crippen LogP contribution < -0.4 is 4.74 Å². The number of hydrogen-bond donors (Lipinski definition) is 0. The van der Waals surface area contributed by atoms with Crippen molar-refractivity contribution in [3.63, 3.8) is 0 Å². The zero-order valence-corrected chi connectivity index (χ0v) is 8.78. The molecule has 0 aromatic heterocycles. The second kappa shape index (κ2) is 4.39. The number of halogens is 1. The number of ether oxygens (including phenoxy) is 1. The number of nitrogens with zero attached hydrogens (tertiary/aromatic N) is 1. The molecule has 0 atom stereocenters. The van der Waals surface area contributed by atoms with Gasteiger partial charge in [-0.2, -0.15) is 5.26 Å². The zero-order chi connectivity index (χ0) is 8.97. The quantitative estimate of drug-likeness (QED) is 0.592. The highest BCUT2D eigenvalue weighted by atomic mass is 79.9. The van der Waals surface area contributed by atoms with Crippen LogP contribution >= 0.6 is 27.7 Å². The van der Waals surface area contributed by atoms with E-state index >= 15 is 0 Å². The predicted molar refractivity (Wildman–Crippen MR) is 52.2 cm³/mol. The van der Waals surface area contributed by atoms with E-state index in [1.807, 2.05) is 23.6 Å². The highest BCUT2D eigenvalue weighted by Crippen LogP contribution is 2.35. The molecule has 0 bridgehead atoms. The summed E-state index contributed by atoms with van der Waals surface area (Å²) in [5.41, 5.74) is 0. The third kappa shape index (κ3) is 1.93. The van der Waals surface area contributed by atoms with Gasteiger partial charge in [0.2, 0.25) is 0 Å². The average molecular weight is 244 g/mol. The Bertz CT molecular complexity index is 321. The Labute approximate surface area is 83.7 Å². The van der Waals surface area contributed by atoms with Crippen molar-refractivity contribution in [2.45, 2.75) is 4.90 Å². The van der Waals surface area contributed by atoms with E-state index in [0.717, 1.165) is 26.9 Å². The van der Waals surface area contributed by atoms with Crippen LogP contribution in [0.25, 0.3) is 0 Å². The molecule has 0 heterocycles. The summed E-state index contributed by atoms with van der Waals surface area (Å²) >= 11 is 4.42. The summed E-state index contributed by atoms with van der Waals surface area (Å²) in [5, 5.41) is 10.5. The number of nitriles is 1. The number of thiocyanates is 1. The highest BCUT2D eigenvalue weighted by Gasteiger charge is 2.06. The monoisotopic (exact) mass is 243 g/mol. The van der Waals surface area contributed by atoms with Crippen LogP contribution in [0.2, 0.25) is 0 Å². The first-order valence-corrected chi connectivity index (χ1v) is 4.79. The Morgan fingerprint density at radius 1 is 1.58 bits per heavy atom. The van der Waals surface area contributed by atoms with E-state index in [-0.39, 0.29) is 0 Å². The van der Waals surface area contributed by atoms with Crippen molar-refractivity contribution in [2.75, 3.05) is 7.11 Å². The lowest BCUT2D eigenvalue weighted by molar-refractivity contribution is 0.404. The van der Waals surface area contributed by atoms with E-state index in [1.54, 1.807) is 7.11 Å². The summed E-state index contributed by atoms with van der Waals surface area (Å²) in [5.74, 6) is 0.718. The topological polar surface area (TPSA) is 33.0 Å². The van der Waals surface area contributed by atoms with Crippen molar-refractivity contribution in [3.8, 4) is 11.2 Å².